The monoisotopic (exact) mass is 267 g/mol. The van der Waals surface area contributed by atoms with E-state index >= 15 is 0 Å². The molecule has 0 radical (unpaired) electrons. The van der Waals surface area contributed by atoms with Gasteiger partial charge < -0.3 is 10.4 Å². The molecule has 0 bridgehead atoms. The highest BCUT2D eigenvalue weighted by molar-refractivity contribution is 7.99. The van der Waals surface area contributed by atoms with E-state index in [2.05, 4.69) is 5.32 Å². The van der Waals surface area contributed by atoms with Gasteiger partial charge in [-0.25, -0.2) is 0 Å². The van der Waals surface area contributed by atoms with Crippen molar-refractivity contribution < 1.29 is 9.90 Å². The second-order valence-corrected chi connectivity index (χ2v) is 5.38. The molecule has 3 nitrogen and oxygen atoms in total. The molecule has 1 amide bonds. The predicted molar refractivity (Wildman–Crippen MR) is 76.8 cm³/mol. The normalized spacial score (nSPS) is 13.9. The lowest BCUT2D eigenvalue weighted by Gasteiger charge is -2.21. The van der Waals surface area contributed by atoms with Crippen molar-refractivity contribution in [3.05, 3.63) is 35.9 Å². The second kappa shape index (κ2) is 8.16. The predicted octanol–water partition coefficient (Wildman–Crippen LogP) is 1.85. The Kier molecular flexibility index (Phi) is 6.83. The summed E-state index contributed by atoms with van der Waals surface area (Å²) >= 11 is 1.57. The van der Waals surface area contributed by atoms with Gasteiger partial charge in [-0.1, -0.05) is 30.3 Å². The molecule has 2 N–H and O–H groups in total. The number of hydrogen-bond acceptors (Lipinski definition) is 3. The molecule has 1 rings (SSSR count). The Morgan fingerprint density at radius 3 is 2.61 bits per heavy atom. The molecule has 4 heteroatoms. The van der Waals surface area contributed by atoms with E-state index in [0.29, 0.717) is 6.42 Å². The molecule has 2 atom stereocenters. The quantitative estimate of drug-likeness (QED) is 0.792. The van der Waals surface area contributed by atoms with Gasteiger partial charge in [0.05, 0.1) is 6.61 Å². The summed E-state index contributed by atoms with van der Waals surface area (Å²) in [4.78, 5) is 11.8. The minimum absolute atomic E-state index is 0.00623. The van der Waals surface area contributed by atoms with Gasteiger partial charge in [-0.2, -0.15) is 11.8 Å². The minimum atomic E-state index is -0.00623. The fraction of sp³-hybridized carbons (Fsp3) is 0.500. The van der Waals surface area contributed by atoms with Crippen molar-refractivity contribution in [1.82, 2.24) is 5.32 Å². The molecule has 1 aromatic carbocycles. The van der Waals surface area contributed by atoms with E-state index in [1.807, 2.05) is 43.5 Å². The van der Waals surface area contributed by atoms with Crippen molar-refractivity contribution in [3.63, 3.8) is 0 Å². The molecule has 1 aromatic rings. The maximum Gasteiger partial charge on any atom is 0.220 e. The summed E-state index contributed by atoms with van der Waals surface area (Å²) in [5.41, 5.74) is 1.17. The number of thioether (sulfide) groups is 1. The summed E-state index contributed by atoms with van der Waals surface area (Å²) < 4.78 is 0. The molecule has 100 valence electrons. The summed E-state index contributed by atoms with van der Waals surface area (Å²) in [7, 11) is 0. The number of aliphatic hydroxyl groups excluding tert-OH is 1. The number of hydrogen-bond donors (Lipinski definition) is 2. The number of aliphatic hydroxyl groups is 1. The Bertz CT molecular complexity index is 352. The van der Waals surface area contributed by atoms with Crippen molar-refractivity contribution in [2.75, 3.05) is 12.9 Å². The second-order valence-electron chi connectivity index (χ2n) is 4.30. The zero-order chi connectivity index (χ0) is 13.4. The molecule has 0 spiro atoms. The fourth-order valence-electron chi connectivity index (χ4n) is 1.76. The third kappa shape index (κ3) is 5.10. The first kappa shape index (κ1) is 15.1. The average molecular weight is 267 g/mol. The number of amides is 1. The Labute approximate surface area is 113 Å². The highest BCUT2D eigenvalue weighted by Gasteiger charge is 2.16. The van der Waals surface area contributed by atoms with Crippen molar-refractivity contribution in [2.24, 2.45) is 0 Å². The largest absolute Gasteiger partial charge is 0.395 e. The third-order valence-corrected chi connectivity index (χ3v) is 4.08. The van der Waals surface area contributed by atoms with Gasteiger partial charge in [0.25, 0.3) is 0 Å². The molecule has 0 aliphatic carbocycles. The highest BCUT2D eigenvalue weighted by atomic mass is 32.2. The zero-order valence-electron chi connectivity index (χ0n) is 10.9. The summed E-state index contributed by atoms with van der Waals surface area (Å²) in [6.45, 7) is 2.01. The van der Waals surface area contributed by atoms with Crippen LogP contribution in [-0.2, 0) is 11.2 Å². The van der Waals surface area contributed by atoms with Crippen molar-refractivity contribution in [3.8, 4) is 0 Å². The summed E-state index contributed by atoms with van der Waals surface area (Å²) in [5, 5.41) is 12.1. The van der Waals surface area contributed by atoms with Crippen molar-refractivity contribution >= 4 is 17.7 Å². The number of nitrogens with one attached hydrogen (secondary N) is 1. The van der Waals surface area contributed by atoms with E-state index in [9.17, 15) is 4.79 Å². The Balaban J connectivity index is 2.33. The lowest BCUT2D eigenvalue weighted by atomic mass is 10.1. The lowest BCUT2D eigenvalue weighted by molar-refractivity contribution is -0.121. The van der Waals surface area contributed by atoms with Crippen LogP contribution >= 0.6 is 11.8 Å². The van der Waals surface area contributed by atoms with Crippen LogP contribution in [0.1, 0.15) is 18.9 Å². The summed E-state index contributed by atoms with van der Waals surface area (Å²) in [6.07, 6.45) is 3.18. The van der Waals surface area contributed by atoms with E-state index in [0.717, 1.165) is 6.42 Å². The Morgan fingerprint density at radius 2 is 2.06 bits per heavy atom. The molecule has 0 aliphatic rings. The average Bonchev–Trinajstić information content (AvgIpc) is 2.39. The summed E-state index contributed by atoms with van der Waals surface area (Å²) in [6, 6.07) is 9.96. The van der Waals surface area contributed by atoms with E-state index in [4.69, 9.17) is 5.11 Å². The number of benzene rings is 1. The third-order valence-electron chi connectivity index (χ3n) is 2.91. The van der Waals surface area contributed by atoms with Crippen LogP contribution in [0.3, 0.4) is 0 Å². The first-order valence-electron chi connectivity index (χ1n) is 6.14. The molecule has 0 heterocycles. The van der Waals surface area contributed by atoms with E-state index in [-0.39, 0.29) is 23.8 Å². The maximum atomic E-state index is 11.8. The molecule has 18 heavy (non-hydrogen) atoms. The van der Waals surface area contributed by atoms with Crippen LogP contribution in [0.4, 0.5) is 0 Å². The zero-order valence-corrected chi connectivity index (χ0v) is 11.7. The lowest BCUT2D eigenvalue weighted by Crippen LogP contribution is -2.41. The number of aryl methyl sites for hydroxylation is 1. The van der Waals surface area contributed by atoms with Gasteiger partial charge >= 0.3 is 0 Å². The molecule has 0 fully saturated rings. The van der Waals surface area contributed by atoms with E-state index < -0.39 is 0 Å². The van der Waals surface area contributed by atoms with Gasteiger partial charge in [0, 0.05) is 17.7 Å². The van der Waals surface area contributed by atoms with Crippen molar-refractivity contribution in [2.45, 2.75) is 31.1 Å². The molecule has 0 aromatic heterocycles. The first-order valence-corrected chi connectivity index (χ1v) is 7.43. The fourth-order valence-corrected chi connectivity index (χ4v) is 2.38. The van der Waals surface area contributed by atoms with E-state index in [1.165, 1.54) is 5.56 Å². The van der Waals surface area contributed by atoms with E-state index in [1.54, 1.807) is 11.8 Å². The van der Waals surface area contributed by atoms with Crippen molar-refractivity contribution in [1.29, 1.82) is 0 Å². The van der Waals surface area contributed by atoms with Crippen LogP contribution in [0.5, 0.6) is 0 Å². The SMILES string of the molecule is CS[C@@H](CO)[C@@H](C)NC(=O)CCc1ccccc1. The number of rotatable bonds is 7. The van der Waals surface area contributed by atoms with Gasteiger partial charge in [0.15, 0.2) is 0 Å². The topological polar surface area (TPSA) is 49.3 Å². The Hall–Kier alpha value is -1.00. The minimum Gasteiger partial charge on any atom is -0.395 e. The van der Waals surface area contributed by atoms with Crippen LogP contribution in [0, 0.1) is 0 Å². The molecule has 0 unspecified atom stereocenters. The van der Waals surface area contributed by atoms with Crippen LogP contribution in [0.2, 0.25) is 0 Å². The number of carbonyl (C=O) groups excluding carboxylic acids is 1. The van der Waals surface area contributed by atoms with Gasteiger partial charge in [0.1, 0.15) is 0 Å². The molecule has 0 aliphatic heterocycles. The molecule has 0 saturated heterocycles. The van der Waals surface area contributed by atoms with Crippen LogP contribution < -0.4 is 5.32 Å². The van der Waals surface area contributed by atoms with Gasteiger partial charge in [-0.15, -0.1) is 0 Å². The standard InChI is InChI=1S/C14H21NO2S/c1-11(13(10-16)18-2)15-14(17)9-8-12-6-4-3-5-7-12/h3-7,11,13,16H,8-10H2,1-2H3,(H,15,17)/t11-,13+/m1/s1. The van der Waals surface area contributed by atoms with Crippen LogP contribution in [-0.4, -0.2) is 35.2 Å². The smallest absolute Gasteiger partial charge is 0.220 e. The first-order chi connectivity index (χ1) is 8.67. The number of carbonyl (C=O) groups is 1. The van der Waals surface area contributed by atoms with Crippen LogP contribution in [0.15, 0.2) is 30.3 Å². The van der Waals surface area contributed by atoms with Crippen LogP contribution in [0.25, 0.3) is 0 Å². The molecular weight excluding hydrogens is 246 g/mol. The Morgan fingerprint density at radius 1 is 1.39 bits per heavy atom. The van der Waals surface area contributed by atoms with Gasteiger partial charge in [-0.05, 0) is 25.2 Å². The molecular formula is C14H21NO2S. The van der Waals surface area contributed by atoms with Gasteiger partial charge in [-0.3, -0.25) is 4.79 Å². The maximum absolute atomic E-state index is 11.8. The van der Waals surface area contributed by atoms with Gasteiger partial charge in [0.2, 0.25) is 5.91 Å². The molecule has 0 saturated carbocycles. The highest BCUT2D eigenvalue weighted by Crippen LogP contribution is 2.10. The summed E-state index contributed by atoms with van der Waals surface area (Å²) in [5.74, 6) is 0.0406.